The van der Waals surface area contributed by atoms with Crippen LogP contribution in [0.3, 0.4) is 0 Å². The number of allylic oxidation sites excluding steroid dienone is 1. The second kappa shape index (κ2) is 4.34. The SMILES string of the molecule is O=C1[B]CCCC1=Cc1ccc(O)cc1. The van der Waals surface area contributed by atoms with Crippen molar-refractivity contribution in [3.63, 3.8) is 0 Å². The lowest BCUT2D eigenvalue weighted by molar-refractivity contribution is -0.109. The lowest BCUT2D eigenvalue weighted by Gasteiger charge is -2.11. The van der Waals surface area contributed by atoms with E-state index >= 15 is 0 Å². The molecule has 2 rings (SSSR count). The van der Waals surface area contributed by atoms with Gasteiger partial charge in [0.2, 0.25) is 7.28 Å². The minimum atomic E-state index is 0.148. The van der Waals surface area contributed by atoms with Crippen molar-refractivity contribution in [1.29, 1.82) is 0 Å². The third kappa shape index (κ3) is 2.49. The van der Waals surface area contributed by atoms with Crippen LogP contribution in [0.1, 0.15) is 18.4 Å². The Morgan fingerprint density at radius 2 is 2.00 bits per heavy atom. The largest absolute Gasteiger partial charge is 0.508 e. The first-order valence-corrected chi connectivity index (χ1v) is 5.13. The fraction of sp³-hybridized carbons (Fsp3) is 0.250. The number of benzene rings is 1. The van der Waals surface area contributed by atoms with Gasteiger partial charge in [-0.1, -0.05) is 24.9 Å². The number of aromatic hydroxyl groups is 1. The molecule has 1 heterocycles. The topological polar surface area (TPSA) is 37.3 Å². The van der Waals surface area contributed by atoms with Crippen molar-refractivity contribution >= 4 is 19.0 Å². The second-order valence-electron chi connectivity index (χ2n) is 3.72. The van der Waals surface area contributed by atoms with Crippen LogP contribution >= 0.6 is 0 Å². The molecule has 1 aromatic carbocycles. The van der Waals surface area contributed by atoms with Crippen LogP contribution in [0, 0.1) is 0 Å². The molecule has 0 aromatic heterocycles. The van der Waals surface area contributed by atoms with Crippen LogP contribution in [-0.4, -0.2) is 18.1 Å². The standard InChI is InChI=1S/C12H12BO2/c14-11-5-3-9(4-6-11)8-10-2-1-7-13-12(10)15/h3-6,8,14H,1-2,7H2. The Hall–Kier alpha value is -1.51. The quantitative estimate of drug-likeness (QED) is 0.556. The summed E-state index contributed by atoms with van der Waals surface area (Å²) in [6.45, 7) is 0. The Kier molecular flexibility index (Phi) is 2.90. The molecule has 1 saturated heterocycles. The molecule has 1 N–H and O–H groups in total. The Bertz CT molecular complexity index is 393. The molecular weight excluding hydrogens is 187 g/mol. The maximum Gasteiger partial charge on any atom is 0.208 e. The number of carbonyl (C=O) groups is 1. The third-order valence-electron chi connectivity index (χ3n) is 2.53. The number of phenols is 1. The maximum absolute atomic E-state index is 11.5. The highest BCUT2D eigenvalue weighted by atomic mass is 16.3. The van der Waals surface area contributed by atoms with Gasteiger partial charge in [0.05, 0.1) is 0 Å². The van der Waals surface area contributed by atoms with E-state index < -0.39 is 0 Å². The minimum absolute atomic E-state index is 0.148. The molecule has 1 fully saturated rings. The zero-order valence-electron chi connectivity index (χ0n) is 8.44. The highest BCUT2D eigenvalue weighted by Gasteiger charge is 2.15. The first kappa shape index (κ1) is 10.0. The normalized spacial score (nSPS) is 18.9. The summed E-state index contributed by atoms with van der Waals surface area (Å²) in [5.41, 5.74) is 1.98. The molecule has 15 heavy (non-hydrogen) atoms. The first-order valence-electron chi connectivity index (χ1n) is 5.13. The number of phenolic OH excluding ortho intramolecular Hbond substituents is 1. The van der Waals surface area contributed by atoms with Crippen molar-refractivity contribution in [3.05, 3.63) is 35.4 Å². The molecule has 1 aromatic rings. The Balaban J connectivity index is 2.21. The van der Waals surface area contributed by atoms with Crippen LogP contribution in [0.25, 0.3) is 6.08 Å². The number of carbonyl (C=O) groups excluding carboxylic acids is 1. The number of hydrogen-bond donors (Lipinski definition) is 1. The first-order chi connectivity index (χ1) is 7.25. The number of rotatable bonds is 1. The van der Waals surface area contributed by atoms with Crippen molar-refractivity contribution in [1.82, 2.24) is 0 Å². The van der Waals surface area contributed by atoms with E-state index in [9.17, 15) is 4.79 Å². The predicted molar refractivity (Wildman–Crippen MR) is 60.9 cm³/mol. The molecule has 0 amide bonds. The van der Waals surface area contributed by atoms with Gasteiger partial charge in [0.25, 0.3) is 0 Å². The maximum atomic E-state index is 11.5. The van der Waals surface area contributed by atoms with E-state index in [2.05, 4.69) is 0 Å². The van der Waals surface area contributed by atoms with Crippen LogP contribution in [0.2, 0.25) is 6.32 Å². The number of hydrogen-bond acceptors (Lipinski definition) is 2. The summed E-state index contributed by atoms with van der Waals surface area (Å²) in [6, 6.07) is 6.88. The van der Waals surface area contributed by atoms with Gasteiger partial charge in [0.15, 0.2) is 0 Å². The summed E-state index contributed by atoms with van der Waals surface area (Å²) >= 11 is 0. The van der Waals surface area contributed by atoms with Crippen LogP contribution in [-0.2, 0) is 4.79 Å². The van der Waals surface area contributed by atoms with Crippen molar-refractivity contribution < 1.29 is 9.90 Å². The third-order valence-corrected chi connectivity index (χ3v) is 2.53. The summed E-state index contributed by atoms with van der Waals surface area (Å²) in [5.74, 6) is 0.249. The molecule has 75 valence electrons. The van der Waals surface area contributed by atoms with Crippen LogP contribution in [0.4, 0.5) is 0 Å². The van der Waals surface area contributed by atoms with E-state index in [1.165, 1.54) is 0 Å². The molecule has 1 aliphatic heterocycles. The average Bonchev–Trinajstić information content (AvgIpc) is 2.25. The van der Waals surface area contributed by atoms with Crippen LogP contribution in [0.5, 0.6) is 5.75 Å². The Labute approximate surface area is 89.9 Å². The van der Waals surface area contributed by atoms with Crippen molar-refractivity contribution in [2.45, 2.75) is 19.2 Å². The van der Waals surface area contributed by atoms with Gasteiger partial charge in [-0.3, -0.25) is 0 Å². The van der Waals surface area contributed by atoms with E-state index in [4.69, 9.17) is 5.11 Å². The average molecular weight is 199 g/mol. The van der Waals surface area contributed by atoms with Gasteiger partial charge < -0.3 is 9.90 Å². The van der Waals surface area contributed by atoms with Gasteiger partial charge in [-0.15, -0.1) is 0 Å². The molecule has 0 atom stereocenters. The molecule has 0 unspecified atom stereocenters. The molecule has 3 heteroatoms. The fourth-order valence-corrected chi connectivity index (χ4v) is 1.69. The van der Waals surface area contributed by atoms with Gasteiger partial charge in [0, 0.05) is 0 Å². The zero-order chi connectivity index (χ0) is 10.7. The van der Waals surface area contributed by atoms with Gasteiger partial charge in [-0.2, -0.15) is 0 Å². The fourth-order valence-electron chi connectivity index (χ4n) is 1.69. The van der Waals surface area contributed by atoms with Crippen molar-refractivity contribution in [2.75, 3.05) is 0 Å². The smallest absolute Gasteiger partial charge is 0.208 e. The highest BCUT2D eigenvalue weighted by Crippen LogP contribution is 2.19. The molecule has 0 spiro atoms. The molecule has 1 radical (unpaired) electrons. The summed E-state index contributed by atoms with van der Waals surface area (Å²) in [6.07, 6.45) is 4.70. The summed E-state index contributed by atoms with van der Waals surface area (Å²) in [7, 11) is 1.75. The lowest BCUT2D eigenvalue weighted by Crippen LogP contribution is -2.16. The zero-order valence-corrected chi connectivity index (χ0v) is 8.44. The molecular formula is C12H12BO2. The molecule has 1 aliphatic rings. The summed E-state index contributed by atoms with van der Waals surface area (Å²) in [4.78, 5) is 11.5. The van der Waals surface area contributed by atoms with E-state index in [1.54, 1.807) is 19.4 Å². The predicted octanol–water partition coefficient (Wildman–Crippen LogP) is 2.22. The lowest BCUT2D eigenvalue weighted by atomic mass is 9.61. The molecule has 2 nitrogen and oxygen atoms in total. The van der Waals surface area contributed by atoms with Crippen LogP contribution in [0.15, 0.2) is 29.8 Å². The van der Waals surface area contributed by atoms with Crippen LogP contribution < -0.4 is 0 Å². The van der Waals surface area contributed by atoms with Gasteiger partial charge in [-0.05, 0) is 35.8 Å². The summed E-state index contributed by atoms with van der Waals surface area (Å²) in [5, 5.41) is 9.12. The Morgan fingerprint density at radius 3 is 2.67 bits per heavy atom. The van der Waals surface area contributed by atoms with Gasteiger partial charge in [-0.25, -0.2) is 0 Å². The molecule has 0 saturated carbocycles. The molecule has 0 bridgehead atoms. The van der Waals surface area contributed by atoms with E-state index in [0.29, 0.717) is 0 Å². The van der Waals surface area contributed by atoms with Crippen molar-refractivity contribution in [3.8, 4) is 5.75 Å². The van der Waals surface area contributed by atoms with Gasteiger partial charge in [0.1, 0.15) is 11.4 Å². The van der Waals surface area contributed by atoms with E-state index in [-0.39, 0.29) is 11.4 Å². The molecule has 0 aliphatic carbocycles. The summed E-state index contributed by atoms with van der Waals surface area (Å²) < 4.78 is 0. The van der Waals surface area contributed by atoms with E-state index in [0.717, 1.165) is 30.3 Å². The Morgan fingerprint density at radius 1 is 1.27 bits per heavy atom. The minimum Gasteiger partial charge on any atom is -0.508 e. The monoisotopic (exact) mass is 199 g/mol. The van der Waals surface area contributed by atoms with Gasteiger partial charge >= 0.3 is 0 Å². The van der Waals surface area contributed by atoms with Crippen molar-refractivity contribution in [2.24, 2.45) is 0 Å². The second-order valence-corrected chi connectivity index (χ2v) is 3.72. The highest BCUT2D eigenvalue weighted by molar-refractivity contribution is 6.78. The van der Waals surface area contributed by atoms with E-state index in [1.807, 2.05) is 18.2 Å².